The first-order chi connectivity index (χ1) is 16.7. The molecule has 15 heteroatoms. The molecule has 2 aromatic heterocycles. The number of nitrogen functional groups attached to an aromatic ring is 1. The number of aromatic nitrogens is 2. The highest BCUT2D eigenvalue weighted by Gasteiger charge is 2.53. The van der Waals surface area contributed by atoms with Gasteiger partial charge in [0.2, 0.25) is 0 Å². The van der Waals surface area contributed by atoms with Crippen molar-refractivity contribution in [2.24, 2.45) is 5.16 Å². The van der Waals surface area contributed by atoms with Gasteiger partial charge in [0.05, 0.1) is 11.7 Å². The first-order valence-electron chi connectivity index (χ1n) is 10.0. The van der Waals surface area contributed by atoms with E-state index >= 15 is 0 Å². The van der Waals surface area contributed by atoms with E-state index in [0.29, 0.717) is 5.57 Å². The summed E-state index contributed by atoms with van der Waals surface area (Å²) in [6.45, 7) is -1.16. The highest BCUT2D eigenvalue weighted by molar-refractivity contribution is 8.00. The number of carbonyl (C=O) groups excluding carboxylic acids is 3. The number of rotatable bonds is 8. The summed E-state index contributed by atoms with van der Waals surface area (Å²) in [5.74, 6) is -2.94. The predicted molar refractivity (Wildman–Crippen MR) is 119 cm³/mol. The summed E-state index contributed by atoms with van der Waals surface area (Å²) in [5.41, 5.74) is 6.03. The topological polar surface area (TPSA) is 154 Å². The number of carboxylic acid groups (broad SMARTS) is 1. The number of amides is 2. The quantitative estimate of drug-likeness (QED) is 0.200. The van der Waals surface area contributed by atoms with Crippen LogP contribution in [0.15, 0.2) is 46.3 Å². The number of pyridine rings is 1. The maximum atomic E-state index is 12.9. The number of aryl methyl sites for hydroxylation is 1. The number of aliphatic carboxylic acids is 1. The summed E-state index contributed by atoms with van der Waals surface area (Å²) in [4.78, 5) is 46.4. The van der Waals surface area contributed by atoms with Gasteiger partial charge in [-0.15, -0.1) is 23.1 Å². The molecule has 0 bridgehead atoms. The number of alkyl halides is 2. The Morgan fingerprint density at radius 1 is 1.49 bits per heavy atom. The van der Waals surface area contributed by atoms with Gasteiger partial charge in [-0.2, -0.15) is 8.78 Å². The van der Waals surface area contributed by atoms with Crippen molar-refractivity contribution in [1.29, 1.82) is 0 Å². The molecule has 11 nitrogen and oxygen atoms in total. The maximum absolute atomic E-state index is 12.9. The van der Waals surface area contributed by atoms with Crippen molar-refractivity contribution in [3.8, 4) is 0 Å². The van der Waals surface area contributed by atoms with E-state index in [4.69, 9.17) is 5.73 Å². The summed E-state index contributed by atoms with van der Waals surface area (Å²) in [7, 11) is 0. The van der Waals surface area contributed by atoms with Crippen LogP contribution in [0.5, 0.6) is 0 Å². The number of nitrogens with two attached hydrogens (primary N) is 1. The molecule has 0 aromatic carbocycles. The van der Waals surface area contributed by atoms with Gasteiger partial charge in [-0.05, 0) is 13.0 Å². The summed E-state index contributed by atoms with van der Waals surface area (Å²) < 4.78 is 26.8. The second-order valence-electron chi connectivity index (χ2n) is 7.53. The minimum Gasteiger partial charge on any atom is -0.543 e. The molecule has 2 atom stereocenters. The zero-order valence-electron chi connectivity index (χ0n) is 18.0. The van der Waals surface area contributed by atoms with Gasteiger partial charge in [0.15, 0.2) is 29.8 Å². The Labute approximate surface area is 205 Å². The van der Waals surface area contributed by atoms with E-state index in [-0.39, 0.29) is 28.8 Å². The number of carbonyl (C=O) groups is 3. The molecule has 2 aliphatic heterocycles. The standard InChI is InChI=1S/C20H18F2N6O5S2/c1-9-3-2-4-27(5-9)6-10-7-34-17-13(16(30)28(17)14(10)18(31)32)25-15(29)12(26-33-19(21)22)11-8-35-20(23)24-11/h2-5,8,13,17,19H,6-7H2,1H3,(H3-,23,24,25,29,31,32)/b26-12+/t13?,17-/m1/s1. The normalized spacial score (nSPS) is 19.9. The van der Waals surface area contributed by atoms with Crippen molar-refractivity contribution in [3.05, 3.63) is 52.4 Å². The minimum atomic E-state index is -3.29. The lowest BCUT2D eigenvalue weighted by atomic mass is 10.0. The van der Waals surface area contributed by atoms with Gasteiger partial charge < -0.3 is 25.8 Å². The molecular weight excluding hydrogens is 506 g/mol. The number of thiazole rings is 1. The molecular formula is C20H18F2N6O5S2. The molecule has 2 amide bonds. The zero-order chi connectivity index (χ0) is 25.3. The number of nitrogens with zero attached hydrogens (tertiary/aromatic N) is 4. The number of carboxylic acids is 1. The van der Waals surface area contributed by atoms with Gasteiger partial charge in [-0.1, -0.05) is 5.16 Å². The number of thioether (sulfide) groups is 1. The predicted octanol–water partition coefficient (Wildman–Crippen LogP) is -0.631. The molecule has 1 unspecified atom stereocenters. The van der Waals surface area contributed by atoms with Gasteiger partial charge in [0.1, 0.15) is 17.1 Å². The fourth-order valence-electron chi connectivity index (χ4n) is 3.67. The third kappa shape index (κ3) is 5.09. The van der Waals surface area contributed by atoms with Gasteiger partial charge in [-0.3, -0.25) is 14.5 Å². The van der Waals surface area contributed by atoms with E-state index in [9.17, 15) is 28.3 Å². The Hall–Kier alpha value is -3.59. The van der Waals surface area contributed by atoms with Crippen LogP contribution in [-0.4, -0.2) is 57.2 Å². The molecule has 3 N–H and O–H groups in total. The largest absolute Gasteiger partial charge is 0.543 e. The molecule has 35 heavy (non-hydrogen) atoms. The SMILES string of the molecule is Cc1ccc[n+](CC2=C(C(=O)[O-])N3C(=O)C(NC(=O)/C(=N/OC(F)F)c4csc(N)n4)[C@H]3SC2)c1. The van der Waals surface area contributed by atoms with Crippen LogP contribution in [0, 0.1) is 6.92 Å². The lowest BCUT2D eigenvalue weighted by molar-refractivity contribution is -0.689. The summed E-state index contributed by atoms with van der Waals surface area (Å²) in [6.07, 6.45) is 3.61. The lowest BCUT2D eigenvalue weighted by Crippen LogP contribution is -2.71. The number of hydrogen-bond acceptors (Lipinski definition) is 10. The second-order valence-corrected chi connectivity index (χ2v) is 9.53. The third-order valence-electron chi connectivity index (χ3n) is 5.11. The molecule has 0 saturated carbocycles. The Morgan fingerprint density at radius 3 is 2.89 bits per heavy atom. The number of hydrogen-bond donors (Lipinski definition) is 2. The van der Waals surface area contributed by atoms with Crippen molar-refractivity contribution in [2.45, 2.75) is 31.5 Å². The third-order valence-corrected chi connectivity index (χ3v) is 7.12. The smallest absolute Gasteiger partial charge is 0.407 e. The second kappa shape index (κ2) is 9.95. The summed E-state index contributed by atoms with van der Waals surface area (Å²) >= 11 is 2.20. The first kappa shape index (κ1) is 24.5. The van der Waals surface area contributed by atoms with Crippen LogP contribution in [-0.2, 0) is 25.8 Å². The van der Waals surface area contributed by atoms with E-state index in [1.165, 1.54) is 17.1 Å². The molecule has 0 radical (unpaired) electrons. The monoisotopic (exact) mass is 524 g/mol. The zero-order valence-corrected chi connectivity index (χ0v) is 19.6. The van der Waals surface area contributed by atoms with Crippen LogP contribution < -0.4 is 20.7 Å². The van der Waals surface area contributed by atoms with E-state index < -0.39 is 41.5 Å². The number of halogens is 2. The van der Waals surface area contributed by atoms with Crippen molar-refractivity contribution in [1.82, 2.24) is 15.2 Å². The maximum Gasteiger partial charge on any atom is 0.407 e. The van der Waals surface area contributed by atoms with Crippen LogP contribution in [0.1, 0.15) is 11.3 Å². The summed E-state index contributed by atoms with van der Waals surface area (Å²) in [6, 6.07) is 2.59. The summed E-state index contributed by atoms with van der Waals surface area (Å²) in [5, 5.41) is 18.1. The van der Waals surface area contributed by atoms with Crippen molar-refractivity contribution >= 4 is 51.7 Å². The molecule has 4 heterocycles. The fraction of sp³-hybridized carbons (Fsp3) is 0.300. The van der Waals surface area contributed by atoms with Crippen molar-refractivity contribution in [2.75, 3.05) is 11.5 Å². The highest BCUT2D eigenvalue weighted by Crippen LogP contribution is 2.40. The number of anilines is 1. The van der Waals surface area contributed by atoms with Crippen LogP contribution in [0.3, 0.4) is 0 Å². The lowest BCUT2D eigenvalue weighted by Gasteiger charge is -2.50. The molecule has 184 valence electrons. The minimum absolute atomic E-state index is 0.0639. The molecule has 1 saturated heterocycles. The molecule has 0 spiro atoms. The van der Waals surface area contributed by atoms with Crippen LogP contribution in [0.25, 0.3) is 0 Å². The van der Waals surface area contributed by atoms with E-state index in [0.717, 1.165) is 21.8 Å². The molecule has 2 aliphatic rings. The fourth-order valence-corrected chi connectivity index (χ4v) is 5.55. The van der Waals surface area contributed by atoms with Crippen molar-refractivity contribution < 1.29 is 37.7 Å². The Balaban J connectivity index is 1.54. The number of fused-ring (bicyclic) bond motifs is 1. The Kier molecular flexibility index (Phi) is 6.98. The van der Waals surface area contributed by atoms with E-state index in [2.05, 4.69) is 20.3 Å². The van der Waals surface area contributed by atoms with E-state index in [1.54, 1.807) is 10.8 Å². The molecule has 4 rings (SSSR count). The van der Waals surface area contributed by atoms with Crippen LogP contribution in [0.2, 0.25) is 0 Å². The van der Waals surface area contributed by atoms with Crippen molar-refractivity contribution in [3.63, 3.8) is 0 Å². The van der Waals surface area contributed by atoms with Gasteiger partial charge in [0, 0.05) is 28.3 Å². The average molecular weight is 525 g/mol. The molecule has 0 aliphatic carbocycles. The Morgan fingerprint density at radius 2 is 2.26 bits per heavy atom. The van der Waals surface area contributed by atoms with Gasteiger partial charge in [-0.25, -0.2) is 9.55 Å². The first-order valence-corrected chi connectivity index (χ1v) is 12.0. The van der Waals surface area contributed by atoms with Gasteiger partial charge in [0.25, 0.3) is 11.8 Å². The van der Waals surface area contributed by atoms with Crippen LogP contribution >= 0.6 is 23.1 Å². The van der Waals surface area contributed by atoms with Gasteiger partial charge >= 0.3 is 6.61 Å². The number of β-lactam (4-membered cyclic amide) rings is 1. The molecule has 1 fully saturated rings. The number of oxime groups is 1. The number of nitrogens with one attached hydrogen (secondary N) is 1. The Bertz CT molecular complexity index is 1250. The van der Waals surface area contributed by atoms with Crippen LogP contribution in [0.4, 0.5) is 13.9 Å². The highest BCUT2D eigenvalue weighted by atomic mass is 32.2. The average Bonchev–Trinajstić information content (AvgIpc) is 3.22. The van der Waals surface area contributed by atoms with E-state index in [1.807, 2.05) is 25.3 Å². The molecule has 2 aromatic rings.